The summed E-state index contributed by atoms with van der Waals surface area (Å²) in [6.45, 7) is 11.0. The van der Waals surface area contributed by atoms with Gasteiger partial charge in [0.15, 0.2) is 0 Å². The van der Waals surface area contributed by atoms with Crippen molar-refractivity contribution in [2.75, 3.05) is 13.1 Å². The van der Waals surface area contributed by atoms with Crippen molar-refractivity contribution in [1.29, 1.82) is 0 Å². The molecule has 3 heteroatoms. The Morgan fingerprint density at radius 3 is 2.22 bits per heavy atom. The van der Waals surface area contributed by atoms with Crippen LogP contribution in [0, 0.1) is 0 Å². The lowest BCUT2D eigenvalue weighted by Gasteiger charge is -2.27. The van der Waals surface area contributed by atoms with Gasteiger partial charge in [-0.15, -0.1) is 13.2 Å². The largest absolute Gasteiger partial charge is 0.475 e. The van der Waals surface area contributed by atoms with Gasteiger partial charge in [-0.25, -0.2) is 0 Å². The van der Waals surface area contributed by atoms with Gasteiger partial charge in [0.25, 0.3) is 0 Å². The Bertz CT molecular complexity index is 363. The van der Waals surface area contributed by atoms with Crippen molar-refractivity contribution in [3.63, 3.8) is 0 Å². The lowest BCUT2D eigenvalue weighted by molar-refractivity contribution is 0.0581. The SMILES string of the molecule is C=CCN(CC=C)C(C)Oc1ccc(CO)cc1. The third-order valence-corrected chi connectivity index (χ3v) is 2.65. The smallest absolute Gasteiger partial charge is 0.150 e. The molecular formula is C15H21NO2. The fourth-order valence-electron chi connectivity index (χ4n) is 1.65. The molecule has 1 aromatic carbocycles. The Hall–Kier alpha value is -1.58. The van der Waals surface area contributed by atoms with Gasteiger partial charge < -0.3 is 9.84 Å². The molecule has 0 radical (unpaired) electrons. The molecule has 0 aliphatic heterocycles. The van der Waals surface area contributed by atoms with Gasteiger partial charge in [-0.3, -0.25) is 4.90 Å². The Labute approximate surface area is 109 Å². The summed E-state index contributed by atoms with van der Waals surface area (Å²) >= 11 is 0. The normalized spacial score (nSPS) is 12.2. The second-order valence-corrected chi connectivity index (χ2v) is 4.05. The molecule has 1 aromatic rings. The second-order valence-electron chi connectivity index (χ2n) is 4.05. The Balaban J connectivity index is 2.62. The third-order valence-electron chi connectivity index (χ3n) is 2.65. The first-order valence-electron chi connectivity index (χ1n) is 6.03. The van der Waals surface area contributed by atoms with E-state index in [1.165, 1.54) is 0 Å². The van der Waals surface area contributed by atoms with Gasteiger partial charge in [-0.2, -0.15) is 0 Å². The maximum Gasteiger partial charge on any atom is 0.150 e. The molecule has 98 valence electrons. The molecule has 0 heterocycles. The van der Waals surface area contributed by atoms with Crippen LogP contribution in [0.15, 0.2) is 49.6 Å². The van der Waals surface area contributed by atoms with Crippen molar-refractivity contribution in [3.8, 4) is 5.75 Å². The molecule has 1 N–H and O–H groups in total. The minimum Gasteiger partial charge on any atom is -0.475 e. The van der Waals surface area contributed by atoms with E-state index in [2.05, 4.69) is 18.1 Å². The number of benzene rings is 1. The highest BCUT2D eigenvalue weighted by Gasteiger charge is 2.12. The van der Waals surface area contributed by atoms with Crippen LogP contribution >= 0.6 is 0 Å². The molecule has 0 aromatic heterocycles. The zero-order valence-corrected chi connectivity index (χ0v) is 10.9. The fraction of sp³-hybridized carbons (Fsp3) is 0.333. The van der Waals surface area contributed by atoms with Crippen LogP contribution in [0.25, 0.3) is 0 Å². The minimum atomic E-state index is -0.0547. The molecule has 0 saturated carbocycles. The summed E-state index contributed by atoms with van der Waals surface area (Å²) in [5.74, 6) is 0.790. The highest BCUT2D eigenvalue weighted by Crippen LogP contribution is 2.15. The van der Waals surface area contributed by atoms with E-state index in [0.717, 1.165) is 24.4 Å². The Morgan fingerprint density at radius 2 is 1.78 bits per heavy atom. The molecule has 1 rings (SSSR count). The van der Waals surface area contributed by atoms with Crippen molar-refractivity contribution in [2.45, 2.75) is 19.8 Å². The molecule has 1 unspecified atom stereocenters. The maximum absolute atomic E-state index is 8.97. The van der Waals surface area contributed by atoms with Gasteiger partial charge >= 0.3 is 0 Å². The van der Waals surface area contributed by atoms with E-state index in [4.69, 9.17) is 9.84 Å². The first-order valence-corrected chi connectivity index (χ1v) is 6.03. The van der Waals surface area contributed by atoms with E-state index in [1.807, 2.05) is 43.3 Å². The summed E-state index contributed by atoms with van der Waals surface area (Å²) in [5, 5.41) is 8.97. The van der Waals surface area contributed by atoms with Crippen LogP contribution in [0.1, 0.15) is 12.5 Å². The second kappa shape index (κ2) is 7.69. The van der Waals surface area contributed by atoms with Crippen LogP contribution in [0.2, 0.25) is 0 Å². The fourth-order valence-corrected chi connectivity index (χ4v) is 1.65. The minimum absolute atomic E-state index is 0.0505. The van der Waals surface area contributed by atoms with Crippen LogP contribution in [0.3, 0.4) is 0 Å². The Kier molecular flexibility index (Phi) is 6.19. The summed E-state index contributed by atoms with van der Waals surface area (Å²) in [7, 11) is 0. The van der Waals surface area contributed by atoms with E-state index in [9.17, 15) is 0 Å². The molecule has 0 bridgehead atoms. The topological polar surface area (TPSA) is 32.7 Å². The van der Waals surface area contributed by atoms with Crippen LogP contribution in [-0.4, -0.2) is 29.3 Å². The number of ether oxygens (including phenoxy) is 1. The molecule has 18 heavy (non-hydrogen) atoms. The molecule has 3 nitrogen and oxygen atoms in total. The summed E-state index contributed by atoms with van der Waals surface area (Å²) in [6, 6.07) is 7.44. The van der Waals surface area contributed by atoms with Crippen molar-refractivity contribution >= 4 is 0 Å². The van der Waals surface area contributed by atoms with E-state index < -0.39 is 0 Å². The summed E-state index contributed by atoms with van der Waals surface area (Å²) < 4.78 is 5.83. The van der Waals surface area contributed by atoms with Gasteiger partial charge in [0, 0.05) is 13.1 Å². The van der Waals surface area contributed by atoms with E-state index >= 15 is 0 Å². The third kappa shape index (κ3) is 4.35. The van der Waals surface area contributed by atoms with Gasteiger partial charge in [0.2, 0.25) is 0 Å². The number of aliphatic hydroxyl groups excluding tert-OH is 1. The standard InChI is InChI=1S/C15H21NO2/c1-4-10-16(11-5-2)13(3)18-15-8-6-14(12-17)7-9-15/h4-9,13,17H,1-2,10-12H2,3H3. The van der Waals surface area contributed by atoms with Crippen molar-refractivity contribution in [3.05, 3.63) is 55.1 Å². The summed E-state index contributed by atoms with van der Waals surface area (Å²) in [6.07, 6.45) is 3.64. The molecule has 0 aliphatic rings. The molecular weight excluding hydrogens is 226 g/mol. The number of hydrogen-bond donors (Lipinski definition) is 1. The Morgan fingerprint density at radius 1 is 1.22 bits per heavy atom. The predicted molar refractivity (Wildman–Crippen MR) is 74.4 cm³/mol. The van der Waals surface area contributed by atoms with E-state index in [1.54, 1.807) is 0 Å². The first kappa shape index (κ1) is 14.5. The van der Waals surface area contributed by atoms with Crippen LogP contribution < -0.4 is 4.74 Å². The lowest BCUT2D eigenvalue weighted by Crippen LogP contribution is -2.37. The maximum atomic E-state index is 8.97. The van der Waals surface area contributed by atoms with Crippen molar-refractivity contribution in [2.24, 2.45) is 0 Å². The van der Waals surface area contributed by atoms with E-state index in [-0.39, 0.29) is 12.8 Å². The van der Waals surface area contributed by atoms with Gasteiger partial charge in [0.1, 0.15) is 12.0 Å². The lowest BCUT2D eigenvalue weighted by atomic mass is 10.2. The number of rotatable bonds is 8. The highest BCUT2D eigenvalue weighted by molar-refractivity contribution is 5.26. The average Bonchev–Trinajstić information content (AvgIpc) is 2.39. The predicted octanol–water partition coefficient (Wildman–Crippen LogP) is 2.58. The molecule has 0 spiro atoms. The first-order chi connectivity index (χ1) is 8.71. The zero-order valence-electron chi connectivity index (χ0n) is 10.9. The van der Waals surface area contributed by atoms with Gasteiger partial charge in [-0.05, 0) is 24.6 Å². The number of nitrogens with zero attached hydrogens (tertiary/aromatic N) is 1. The van der Waals surface area contributed by atoms with Crippen LogP contribution in [0.5, 0.6) is 5.75 Å². The molecule has 0 saturated heterocycles. The van der Waals surface area contributed by atoms with Crippen LogP contribution in [0.4, 0.5) is 0 Å². The molecule has 0 amide bonds. The summed E-state index contributed by atoms with van der Waals surface area (Å²) in [4.78, 5) is 2.11. The monoisotopic (exact) mass is 247 g/mol. The van der Waals surface area contributed by atoms with E-state index in [0.29, 0.717) is 0 Å². The molecule has 1 atom stereocenters. The van der Waals surface area contributed by atoms with Crippen molar-refractivity contribution in [1.82, 2.24) is 4.90 Å². The van der Waals surface area contributed by atoms with Gasteiger partial charge in [-0.1, -0.05) is 24.3 Å². The number of hydrogen-bond acceptors (Lipinski definition) is 3. The number of aliphatic hydroxyl groups is 1. The van der Waals surface area contributed by atoms with Gasteiger partial charge in [0.05, 0.1) is 6.61 Å². The van der Waals surface area contributed by atoms with Crippen LogP contribution in [-0.2, 0) is 6.61 Å². The molecule has 0 aliphatic carbocycles. The quantitative estimate of drug-likeness (QED) is 0.566. The molecule has 0 fully saturated rings. The summed E-state index contributed by atoms with van der Waals surface area (Å²) in [5.41, 5.74) is 0.879. The average molecular weight is 247 g/mol. The highest BCUT2D eigenvalue weighted by atomic mass is 16.5. The van der Waals surface area contributed by atoms with Crippen molar-refractivity contribution < 1.29 is 9.84 Å². The zero-order chi connectivity index (χ0) is 13.4.